The first kappa shape index (κ1) is 16.7. The summed E-state index contributed by atoms with van der Waals surface area (Å²) in [5.41, 5.74) is 1.33. The molecule has 0 spiro atoms. The fourth-order valence-electron chi connectivity index (χ4n) is 3.04. The van der Waals surface area contributed by atoms with Crippen molar-refractivity contribution in [1.29, 1.82) is 0 Å². The van der Waals surface area contributed by atoms with Crippen molar-refractivity contribution in [2.45, 2.75) is 12.8 Å². The van der Waals surface area contributed by atoms with Gasteiger partial charge < -0.3 is 14.7 Å². The SMILES string of the molecule is Oc1ccc(OCCCCN2CCN(c3ccccc3)CC2)cc1. The van der Waals surface area contributed by atoms with Gasteiger partial charge >= 0.3 is 0 Å². The zero-order valence-corrected chi connectivity index (χ0v) is 14.1. The molecular weight excluding hydrogens is 300 g/mol. The third-order valence-electron chi connectivity index (χ3n) is 4.47. The second kappa shape index (κ2) is 8.60. The van der Waals surface area contributed by atoms with Crippen molar-refractivity contribution >= 4 is 5.69 Å². The third kappa shape index (κ3) is 4.90. The number of unbranched alkanes of at least 4 members (excludes halogenated alkanes) is 1. The Morgan fingerprint density at radius 3 is 2.25 bits per heavy atom. The number of benzene rings is 2. The van der Waals surface area contributed by atoms with Gasteiger partial charge in [0.05, 0.1) is 6.61 Å². The Balaban J connectivity index is 1.29. The van der Waals surface area contributed by atoms with Gasteiger partial charge in [0, 0.05) is 31.9 Å². The van der Waals surface area contributed by atoms with E-state index in [1.165, 1.54) is 5.69 Å². The van der Waals surface area contributed by atoms with Crippen molar-refractivity contribution in [2.75, 3.05) is 44.2 Å². The molecule has 0 unspecified atom stereocenters. The quantitative estimate of drug-likeness (QED) is 0.791. The number of nitrogens with zero attached hydrogens (tertiary/aromatic N) is 2. The van der Waals surface area contributed by atoms with Crippen LogP contribution < -0.4 is 9.64 Å². The van der Waals surface area contributed by atoms with E-state index in [0.29, 0.717) is 0 Å². The number of rotatable bonds is 7. The molecule has 1 N–H and O–H groups in total. The molecule has 24 heavy (non-hydrogen) atoms. The number of ether oxygens (including phenoxy) is 1. The van der Waals surface area contributed by atoms with Crippen molar-refractivity contribution in [3.05, 3.63) is 54.6 Å². The molecule has 4 heteroatoms. The van der Waals surface area contributed by atoms with Crippen molar-refractivity contribution in [1.82, 2.24) is 4.90 Å². The van der Waals surface area contributed by atoms with Crippen LogP contribution >= 0.6 is 0 Å². The minimum Gasteiger partial charge on any atom is -0.508 e. The lowest BCUT2D eigenvalue weighted by molar-refractivity contribution is 0.238. The summed E-state index contributed by atoms with van der Waals surface area (Å²) in [4.78, 5) is 5.00. The lowest BCUT2D eigenvalue weighted by Crippen LogP contribution is -2.46. The van der Waals surface area contributed by atoms with Gasteiger partial charge in [-0.2, -0.15) is 0 Å². The molecule has 4 nitrogen and oxygen atoms in total. The van der Waals surface area contributed by atoms with Gasteiger partial charge in [0.25, 0.3) is 0 Å². The predicted molar refractivity (Wildman–Crippen MR) is 97.9 cm³/mol. The van der Waals surface area contributed by atoms with Crippen LogP contribution in [0.15, 0.2) is 54.6 Å². The van der Waals surface area contributed by atoms with E-state index in [-0.39, 0.29) is 5.75 Å². The molecule has 2 aromatic carbocycles. The molecule has 0 bridgehead atoms. The maximum Gasteiger partial charge on any atom is 0.119 e. The summed E-state index contributed by atoms with van der Waals surface area (Å²) in [6, 6.07) is 17.6. The zero-order valence-electron chi connectivity index (χ0n) is 14.1. The number of phenols is 1. The Kier molecular flexibility index (Phi) is 5.96. The monoisotopic (exact) mass is 326 g/mol. The highest BCUT2D eigenvalue weighted by Crippen LogP contribution is 2.17. The highest BCUT2D eigenvalue weighted by molar-refractivity contribution is 5.46. The van der Waals surface area contributed by atoms with E-state index in [1.54, 1.807) is 24.3 Å². The van der Waals surface area contributed by atoms with Gasteiger partial charge in [-0.3, -0.25) is 4.90 Å². The molecule has 0 saturated carbocycles. The topological polar surface area (TPSA) is 35.9 Å². The van der Waals surface area contributed by atoms with Crippen LogP contribution in [0.25, 0.3) is 0 Å². The van der Waals surface area contributed by atoms with Gasteiger partial charge in [-0.15, -0.1) is 0 Å². The summed E-state index contributed by atoms with van der Waals surface area (Å²) in [5.74, 6) is 1.10. The number of anilines is 1. The molecule has 128 valence electrons. The van der Waals surface area contributed by atoms with Crippen LogP contribution in [0.4, 0.5) is 5.69 Å². The van der Waals surface area contributed by atoms with Crippen molar-refractivity contribution < 1.29 is 9.84 Å². The molecule has 3 rings (SSSR count). The van der Waals surface area contributed by atoms with Gasteiger partial charge in [0.2, 0.25) is 0 Å². The normalized spacial score (nSPS) is 15.4. The average molecular weight is 326 g/mol. The lowest BCUT2D eigenvalue weighted by Gasteiger charge is -2.36. The maximum atomic E-state index is 9.24. The van der Waals surface area contributed by atoms with Gasteiger partial charge in [-0.25, -0.2) is 0 Å². The third-order valence-corrected chi connectivity index (χ3v) is 4.47. The Morgan fingerprint density at radius 1 is 0.833 bits per heavy atom. The molecular formula is C20H26N2O2. The van der Waals surface area contributed by atoms with Gasteiger partial charge in [-0.05, 0) is 55.8 Å². The van der Waals surface area contributed by atoms with Crippen LogP contribution in [0.2, 0.25) is 0 Å². The van der Waals surface area contributed by atoms with E-state index in [4.69, 9.17) is 4.74 Å². The van der Waals surface area contributed by atoms with Crippen LogP contribution in [0.5, 0.6) is 11.5 Å². The fraction of sp³-hybridized carbons (Fsp3) is 0.400. The molecule has 1 saturated heterocycles. The Bertz CT molecular complexity index is 593. The van der Waals surface area contributed by atoms with E-state index in [1.807, 2.05) is 0 Å². The second-order valence-corrected chi connectivity index (χ2v) is 6.21. The molecule has 0 atom stereocenters. The van der Waals surface area contributed by atoms with Crippen molar-refractivity contribution in [2.24, 2.45) is 0 Å². The predicted octanol–water partition coefficient (Wildman–Crippen LogP) is 3.37. The van der Waals surface area contributed by atoms with Crippen LogP contribution in [0, 0.1) is 0 Å². The Labute approximate surface area is 144 Å². The Morgan fingerprint density at radius 2 is 1.54 bits per heavy atom. The van der Waals surface area contributed by atoms with E-state index in [0.717, 1.165) is 57.9 Å². The van der Waals surface area contributed by atoms with Crippen LogP contribution in [0.3, 0.4) is 0 Å². The maximum absolute atomic E-state index is 9.24. The number of para-hydroxylation sites is 1. The summed E-state index contributed by atoms with van der Waals surface area (Å²) in [6.45, 7) is 6.35. The lowest BCUT2D eigenvalue weighted by atomic mass is 10.2. The van der Waals surface area contributed by atoms with Crippen molar-refractivity contribution in [3.63, 3.8) is 0 Å². The molecule has 2 aromatic rings. The molecule has 0 radical (unpaired) electrons. The summed E-state index contributed by atoms with van der Waals surface area (Å²) in [6.07, 6.45) is 2.21. The highest BCUT2D eigenvalue weighted by Gasteiger charge is 2.16. The first-order chi connectivity index (χ1) is 11.8. The molecule has 1 heterocycles. The Hall–Kier alpha value is -2.20. The molecule has 0 amide bonds. The smallest absolute Gasteiger partial charge is 0.119 e. The molecule has 1 aliphatic rings. The van der Waals surface area contributed by atoms with E-state index >= 15 is 0 Å². The standard InChI is InChI=1S/C20H26N2O2/c23-19-8-10-20(11-9-19)24-17-5-4-12-21-13-15-22(16-14-21)18-6-2-1-3-7-18/h1-3,6-11,23H,4-5,12-17H2. The highest BCUT2D eigenvalue weighted by atomic mass is 16.5. The van der Waals surface area contributed by atoms with Crippen LogP contribution in [-0.4, -0.2) is 49.3 Å². The molecule has 0 aromatic heterocycles. The largest absolute Gasteiger partial charge is 0.508 e. The number of phenolic OH excluding ortho intramolecular Hbond substituents is 1. The van der Waals surface area contributed by atoms with E-state index in [2.05, 4.69) is 40.1 Å². The molecule has 0 aliphatic carbocycles. The van der Waals surface area contributed by atoms with Gasteiger partial charge in [0.15, 0.2) is 0 Å². The number of piperazine rings is 1. The van der Waals surface area contributed by atoms with E-state index < -0.39 is 0 Å². The second-order valence-electron chi connectivity index (χ2n) is 6.21. The summed E-state index contributed by atoms with van der Waals surface area (Å²) < 4.78 is 5.69. The summed E-state index contributed by atoms with van der Waals surface area (Å²) in [7, 11) is 0. The number of hydrogen-bond donors (Lipinski definition) is 1. The number of hydrogen-bond acceptors (Lipinski definition) is 4. The fourth-order valence-corrected chi connectivity index (χ4v) is 3.04. The van der Waals surface area contributed by atoms with Crippen LogP contribution in [-0.2, 0) is 0 Å². The first-order valence-electron chi connectivity index (χ1n) is 8.75. The van der Waals surface area contributed by atoms with E-state index in [9.17, 15) is 5.11 Å². The first-order valence-corrected chi connectivity index (χ1v) is 8.75. The number of aromatic hydroxyl groups is 1. The van der Waals surface area contributed by atoms with Gasteiger partial charge in [0.1, 0.15) is 11.5 Å². The summed E-state index contributed by atoms with van der Waals surface area (Å²) in [5, 5.41) is 9.24. The van der Waals surface area contributed by atoms with Gasteiger partial charge in [-0.1, -0.05) is 18.2 Å². The minimum atomic E-state index is 0.275. The molecule has 1 aliphatic heterocycles. The van der Waals surface area contributed by atoms with Crippen LogP contribution in [0.1, 0.15) is 12.8 Å². The summed E-state index contributed by atoms with van der Waals surface area (Å²) >= 11 is 0. The zero-order chi connectivity index (χ0) is 16.6. The average Bonchev–Trinajstić information content (AvgIpc) is 2.64. The minimum absolute atomic E-state index is 0.275. The van der Waals surface area contributed by atoms with Crippen molar-refractivity contribution in [3.8, 4) is 11.5 Å². The molecule has 1 fully saturated rings.